The van der Waals surface area contributed by atoms with E-state index in [1.165, 1.54) is 17.0 Å². The maximum atomic E-state index is 5.42. The molecular weight excluding hydrogens is 252 g/mol. The summed E-state index contributed by atoms with van der Waals surface area (Å²) in [5, 5.41) is 3.53. The maximum absolute atomic E-state index is 5.42. The smallest absolute Gasteiger partial charge is 0.358 e. The Hall–Kier alpha value is -1.59. The monoisotopic (exact) mass is 273 g/mol. The third-order valence-electron chi connectivity index (χ3n) is 4.34. The molecule has 0 bridgehead atoms. The summed E-state index contributed by atoms with van der Waals surface area (Å²) in [6.45, 7) is 8.10. The van der Waals surface area contributed by atoms with Gasteiger partial charge in [0.15, 0.2) is 0 Å². The molecule has 20 heavy (non-hydrogen) atoms. The van der Waals surface area contributed by atoms with Crippen LogP contribution in [0.1, 0.15) is 0 Å². The van der Waals surface area contributed by atoms with Crippen LogP contribution in [0.2, 0.25) is 0 Å². The van der Waals surface area contributed by atoms with Crippen molar-refractivity contribution in [1.29, 1.82) is 0 Å². The fourth-order valence-electron chi connectivity index (χ4n) is 3.28. The van der Waals surface area contributed by atoms with Gasteiger partial charge in [-0.2, -0.15) is 0 Å². The molecular formula is C15H21N4O+. The second-order valence-corrected chi connectivity index (χ2v) is 5.50. The number of para-hydroxylation sites is 2. The lowest BCUT2D eigenvalue weighted by molar-refractivity contribution is -0.644. The number of nitrogens with zero attached hydrogens (tertiary/aromatic N) is 3. The summed E-state index contributed by atoms with van der Waals surface area (Å²) in [5.74, 6) is 1.26. The van der Waals surface area contributed by atoms with Crippen LogP contribution in [-0.2, 0) is 17.8 Å². The minimum absolute atomic E-state index is 0.873. The van der Waals surface area contributed by atoms with E-state index >= 15 is 0 Å². The fraction of sp³-hybridized carbons (Fsp3) is 0.533. The Labute approximate surface area is 118 Å². The largest absolute Gasteiger partial charge is 0.379 e. The van der Waals surface area contributed by atoms with Gasteiger partial charge in [0.1, 0.15) is 17.6 Å². The van der Waals surface area contributed by atoms with E-state index in [0.717, 1.165) is 52.5 Å². The van der Waals surface area contributed by atoms with Gasteiger partial charge < -0.3 is 4.74 Å². The van der Waals surface area contributed by atoms with Crippen molar-refractivity contribution in [3.05, 3.63) is 24.3 Å². The molecule has 1 saturated heterocycles. The Balaban J connectivity index is 1.62. The van der Waals surface area contributed by atoms with Gasteiger partial charge in [-0.1, -0.05) is 12.1 Å². The van der Waals surface area contributed by atoms with Gasteiger partial charge in [-0.15, -0.1) is 0 Å². The highest BCUT2D eigenvalue weighted by Gasteiger charge is 2.27. The molecule has 0 radical (unpaired) electrons. The van der Waals surface area contributed by atoms with Crippen molar-refractivity contribution >= 4 is 17.0 Å². The Morgan fingerprint density at radius 2 is 2.00 bits per heavy atom. The zero-order valence-electron chi connectivity index (χ0n) is 11.7. The van der Waals surface area contributed by atoms with Gasteiger partial charge in [-0.05, 0) is 12.1 Å². The number of anilines is 1. The van der Waals surface area contributed by atoms with E-state index in [-0.39, 0.29) is 0 Å². The van der Waals surface area contributed by atoms with Crippen molar-refractivity contribution in [3.63, 3.8) is 0 Å². The summed E-state index contributed by atoms with van der Waals surface area (Å²) in [6.07, 6.45) is 0. The molecule has 1 N–H and O–H groups in total. The summed E-state index contributed by atoms with van der Waals surface area (Å²) in [7, 11) is 0. The first-order valence-electron chi connectivity index (χ1n) is 7.48. The number of benzene rings is 1. The number of hydrogen-bond donors (Lipinski definition) is 1. The summed E-state index contributed by atoms with van der Waals surface area (Å²) in [5.41, 5.74) is 2.68. The predicted molar refractivity (Wildman–Crippen MR) is 77.9 cm³/mol. The average molecular weight is 273 g/mol. The molecule has 5 heteroatoms. The standard InChI is InChI=1S/C15H20N4O/c1-2-4-14-13(3-1)18-6-5-16-15(18)19(14)8-7-17-9-11-20-12-10-17/h1-4H,5-12H2/p+1. The van der Waals surface area contributed by atoms with E-state index in [1.54, 1.807) is 0 Å². The molecule has 1 aromatic heterocycles. The molecule has 2 aliphatic rings. The molecule has 1 fully saturated rings. The first-order chi connectivity index (χ1) is 9.93. The molecule has 0 spiro atoms. The van der Waals surface area contributed by atoms with Gasteiger partial charge in [0.05, 0.1) is 26.3 Å². The number of fused-ring (bicyclic) bond motifs is 3. The van der Waals surface area contributed by atoms with Crippen molar-refractivity contribution in [1.82, 2.24) is 9.47 Å². The van der Waals surface area contributed by atoms with Gasteiger partial charge in [0, 0.05) is 19.6 Å². The molecule has 1 aromatic carbocycles. The highest BCUT2D eigenvalue weighted by Crippen LogP contribution is 2.20. The lowest BCUT2D eigenvalue weighted by Gasteiger charge is -2.26. The number of morpholine rings is 1. The van der Waals surface area contributed by atoms with Crippen molar-refractivity contribution < 1.29 is 9.30 Å². The number of hydrogen-bond acceptors (Lipinski definition) is 3. The van der Waals surface area contributed by atoms with Crippen LogP contribution in [0.3, 0.4) is 0 Å². The molecule has 3 heterocycles. The minimum Gasteiger partial charge on any atom is -0.379 e. The van der Waals surface area contributed by atoms with Crippen molar-refractivity contribution in [2.45, 2.75) is 13.1 Å². The lowest BCUT2D eigenvalue weighted by atomic mass is 10.3. The Kier molecular flexibility index (Phi) is 3.09. The van der Waals surface area contributed by atoms with Crippen LogP contribution in [0.25, 0.3) is 11.0 Å². The number of ether oxygens (including phenoxy) is 1. The van der Waals surface area contributed by atoms with E-state index < -0.39 is 0 Å². The van der Waals surface area contributed by atoms with E-state index in [1.807, 2.05) is 0 Å². The Morgan fingerprint density at radius 3 is 2.90 bits per heavy atom. The van der Waals surface area contributed by atoms with Crippen LogP contribution in [0.15, 0.2) is 24.3 Å². The van der Waals surface area contributed by atoms with Gasteiger partial charge >= 0.3 is 5.95 Å². The maximum Gasteiger partial charge on any atom is 0.358 e. The van der Waals surface area contributed by atoms with Crippen LogP contribution in [0.5, 0.6) is 0 Å². The van der Waals surface area contributed by atoms with Crippen LogP contribution in [-0.4, -0.2) is 48.9 Å². The molecule has 0 amide bonds. The zero-order valence-corrected chi connectivity index (χ0v) is 11.7. The van der Waals surface area contributed by atoms with Crippen LogP contribution in [0, 0.1) is 0 Å². The van der Waals surface area contributed by atoms with E-state index in [9.17, 15) is 0 Å². The number of nitrogens with one attached hydrogen (secondary N) is 1. The van der Waals surface area contributed by atoms with Gasteiger partial charge in [0.2, 0.25) is 0 Å². The number of rotatable bonds is 3. The normalized spacial score (nSPS) is 19.2. The Bertz CT molecular complexity index is 616. The van der Waals surface area contributed by atoms with Crippen molar-refractivity contribution in [2.24, 2.45) is 0 Å². The second kappa shape index (κ2) is 5.07. The third-order valence-corrected chi connectivity index (χ3v) is 4.34. The molecule has 2 aliphatic heterocycles. The second-order valence-electron chi connectivity index (χ2n) is 5.50. The van der Waals surface area contributed by atoms with Gasteiger partial charge in [-0.25, -0.2) is 9.13 Å². The first-order valence-corrected chi connectivity index (χ1v) is 7.48. The molecule has 4 rings (SSSR count). The predicted octanol–water partition coefficient (Wildman–Crippen LogP) is 0.686. The van der Waals surface area contributed by atoms with Crippen molar-refractivity contribution in [2.75, 3.05) is 44.7 Å². The molecule has 5 nitrogen and oxygen atoms in total. The average Bonchev–Trinajstić information content (AvgIpc) is 3.07. The molecule has 0 atom stereocenters. The van der Waals surface area contributed by atoms with Crippen molar-refractivity contribution in [3.8, 4) is 0 Å². The highest BCUT2D eigenvalue weighted by molar-refractivity contribution is 5.74. The van der Waals surface area contributed by atoms with Gasteiger partial charge in [0.25, 0.3) is 0 Å². The minimum atomic E-state index is 0.873. The number of aromatic nitrogens is 2. The fourth-order valence-corrected chi connectivity index (χ4v) is 3.28. The molecule has 0 aliphatic carbocycles. The topological polar surface area (TPSA) is 33.3 Å². The highest BCUT2D eigenvalue weighted by atomic mass is 16.5. The summed E-state index contributed by atoms with van der Waals surface area (Å²) in [6, 6.07) is 8.70. The number of imidazole rings is 1. The van der Waals surface area contributed by atoms with E-state index in [2.05, 4.69) is 43.6 Å². The van der Waals surface area contributed by atoms with Crippen LogP contribution in [0.4, 0.5) is 5.95 Å². The van der Waals surface area contributed by atoms with Gasteiger partial charge in [-0.3, -0.25) is 10.2 Å². The zero-order chi connectivity index (χ0) is 13.4. The molecule has 2 aromatic rings. The first kappa shape index (κ1) is 12.2. The molecule has 106 valence electrons. The quantitative estimate of drug-likeness (QED) is 0.835. The Morgan fingerprint density at radius 1 is 1.15 bits per heavy atom. The SMILES string of the molecule is c1ccc2c(c1)n(CCN1CCOCC1)c1[n+]2CCN1. The summed E-state index contributed by atoms with van der Waals surface area (Å²) in [4.78, 5) is 2.49. The molecule has 0 saturated carbocycles. The third kappa shape index (κ3) is 1.98. The van der Waals surface area contributed by atoms with Crippen LogP contribution < -0.4 is 9.88 Å². The lowest BCUT2D eigenvalue weighted by Crippen LogP contribution is -2.38. The van der Waals surface area contributed by atoms with Crippen LogP contribution >= 0.6 is 0 Å². The molecule has 0 unspecified atom stereocenters. The van der Waals surface area contributed by atoms with E-state index in [4.69, 9.17) is 4.74 Å². The van der Waals surface area contributed by atoms with E-state index in [0.29, 0.717) is 0 Å². The summed E-state index contributed by atoms with van der Waals surface area (Å²) >= 11 is 0. The summed E-state index contributed by atoms with van der Waals surface area (Å²) < 4.78 is 10.2.